The molecule has 3 nitrogen and oxygen atoms in total. The smallest absolute Gasteiger partial charge is 0.262 e. The Balaban J connectivity index is 1.81. The molecule has 0 saturated carbocycles. The highest BCUT2D eigenvalue weighted by molar-refractivity contribution is 7.12. The van der Waals surface area contributed by atoms with E-state index in [-0.39, 0.29) is 17.6 Å². The van der Waals surface area contributed by atoms with Crippen molar-refractivity contribution in [3.63, 3.8) is 0 Å². The number of thiophene rings is 1. The molecule has 5 heteroatoms. The molecule has 0 aromatic carbocycles. The van der Waals surface area contributed by atoms with E-state index in [9.17, 15) is 9.59 Å². The number of nitrogens with one attached hydrogen (secondary N) is 1. The van der Waals surface area contributed by atoms with Gasteiger partial charge in [0.25, 0.3) is 5.91 Å². The molecule has 2 rings (SSSR count). The Hall–Kier alpha value is -1.39. The van der Waals surface area contributed by atoms with E-state index in [1.165, 1.54) is 11.3 Å². The maximum absolute atomic E-state index is 11.7. The highest BCUT2D eigenvalue weighted by Crippen LogP contribution is 2.21. The van der Waals surface area contributed by atoms with Crippen LogP contribution in [0.1, 0.15) is 16.1 Å². The molecule has 18 heavy (non-hydrogen) atoms. The summed E-state index contributed by atoms with van der Waals surface area (Å²) in [5.74, 6) is -0.229. The number of halogens is 1. The van der Waals surface area contributed by atoms with Gasteiger partial charge in [-0.05, 0) is 23.9 Å². The van der Waals surface area contributed by atoms with Crippen LogP contribution in [0.25, 0.3) is 0 Å². The lowest BCUT2D eigenvalue weighted by molar-refractivity contribution is -0.117. The van der Waals surface area contributed by atoms with Gasteiger partial charge in [-0.2, -0.15) is 0 Å². The second kappa shape index (κ2) is 5.98. The van der Waals surface area contributed by atoms with Crippen LogP contribution in [0.2, 0.25) is 5.02 Å². The first-order chi connectivity index (χ1) is 8.68. The first kappa shape index (κ1) is 13.1. The first-order valence-corrected chi connectivity index (χ1v) is 6.84. The van der Waals surface area contributed by atoms with Crippen molar-refractivity contribution in [2.45, 2.75) is 6.42 Å². The van der Waals surface area contributed by atoms with E-state index in [1.54, 1.807) is 23.6 Å². The van der Waals surface area contributed by atoms with Gasteiger partial charge < -0.3 is 5.32 Å². The third-order valence-electron chi connectivity index (χ3n) is 2.64. The molecule has 1 aromatic rings. The van der Waals surface area contributed by atoms with E-state index in [0.29, 0.717) is 22.9 Å². The standard InChI is InChI=1S/C13H12ClNO2S/c14-10-6-8-18-12(10)13(17)15-7-5-9-3-1-2-4-11(9)16/h1-4,6,8-9H,5,7H2,(H,15,17). The Kier molecular flexibility index (Phi) is 4.33. The van der Waals surface area contributed by atoms with Crippen molar-refractivity contribution < 1.29 is 9.59 Å². The Morgan fingerprint density at radius 3 is 2.94 bits per heavy atom. The SMILES string of the molecule is O=C(NCCC1C=CC=CC1=O)c1sccc1Cl. The fourth-order valence-corrected chi connectivity index (χ4v) is 2.74. The summed E-state index contributed by atoms with van der Waals surface area (Å²) in [6.07, 6.45) is 7.59. The lowest BCUT2D eigenvalue weighted by Gasteiger charge is -2.11. The summed E-state index contributed by atoms with van der Waals surface area (Å²) in [6, 6.07) is 1.69. The zero-order chi connectivity index (χ0) is 13.0. The molecule has 1 aliphatic rings. The number of carbonyl (C=O) groups is 2. The second-order valence-electron chi connectivity index (χ2n) is 3.90. The molecule has 1 heterocycles. The van der Waals surface area contributed by atoms with Crippen LogP contribution in [-0.4, -0.2) is 18.2 Å². The Bertz CT molecular complexity index is 519. The van der Waals surface area contributed by atoms with Crippen LogP contribution < -0.4 is 5.32 Å². The topological polar surface area (TPSA) is 46.2 Å². The van der Waals surface area contributed by atoms with Gasteiger partial charge in [0.2, 0.25) is 0 Å². The molecule has 1 unspecified atom stereocenters. The van der Waals surface area contributed by atoms with Gasteiger partial charge in [0.05, 0.1) is 5.02 Å². The van der Waals surface area contributed by atoms with Crippen molar-refractivity contribution in [1.82, 2.24) is 5.32 Å². The fraction of sp³-hybridized carbons (Fsp3) is 0.231. The van der Waals surface area contributed by atoms with Crippen molar-refractivity contribution in [2.75, 3.05) is 6.54 Å². The zero-order valence-electron chi connectivity index (χ0n) is 9.56. The second-order valence-corrected chi connectivity index (χ2v) is 5.22. The normalized spacial score (nSPS) is 18.1. The fourth-order valence-electron chi connectivity index (χ4n) is 1.68. The monoisotopic (exact) mass is 281 g/mol. The van der Waals surface area contributed by atoms with E-state index in [4.69, 9.17) is 11.6 Å². The molecule has 0 aliphatic heterocycles. The van der Waals surface area contributed by atoms with E-state index in [0.717, 1.165) is 0 Å². The van der Waals surface area contributed by atoms with Crippen molar-refractivity contribution in [2.24, 2.45) is 5.92 Å². The minimum absolute atomic E-state index is 0.0842. The molecular weight excluding hydrogens is 270 g/mol. The van der Waals surface area contributed by atoms with E-state index in [1.807, 2.05) is 12.2 Å². The van der Waals surface area contributed by atoms with Gasteiger partial charge in [-0.1, -0.05) is 29.8 Å². The van der Waals surface area contributed by atoms with Crippen LogP contribution in [0.4, 0.5) is 0 Å². The molecule has 0 bridgehead atoms. The predicted molar refractivity (Wildman–Crippen MR) is 73.1 cm³/mol. The molecular formula is C13H12ClNO2S. The van der Waals surface area contributed by atoms with Gasteiger partial charge in [-0.3, -0.25) is 9.59 Å². The summed E-state index contributed by atoms with van der Waals surface area (Å²) >= 11 is 7.17. The van der Waals surface area contributed by atoms with Crippen molar-refractivity contribution >= 4 is 34.6 Å². The van der Waals surface area contributed by atoms with Crippen LogP contribution >= 0.6 is 22.9 Å². The van der Waals surface area contributed by atoms with Gasteiger partial charge >= 0.3 is 0 Å². The van der Waals surface area contributed by atoms with Gasteiger partial charge in [-0.25, -0.2) is 0 Å². The number of amides is 1. The molecule has 1 atom stereocenters. The molecule has 0 saturated heterocycles. The maximum atomic E-state index is 11.7. The summed E-state index contributed by atoms with van der Waals surface area (Å²) in [7, 11) is 0. The predicted octanol–water partition coefficient (Wildman–Crippen LogP) is 2.83. The number of allylic oxidation sites excluding steroid dienone is 4. The van der Waals surface area contributed by atoms with Crippen LogP contribution in [0, 0.1) is 5.92 Å². The number of rotatable bonds is 4. The largest absolute Gasteiger partial charge is 0.351 e. The lowest BCUT2D eigenvalue weighted by Crippen LogP contribution is -2.26. The van der Waals surface area contributed by atoms with Gasteiger partial charge in [0.1, 0.15) is 4.88 Å². The minimum atomic E-state index is -0.183. The number of hydrogen-bond acceptors (Lipinski definition) is 3. The van der Waals surface area contributed by atoms with Crippen molar-refractivity contribution in [3.8, 4) is 0 Å². The lowest BCUT2D eigenvalue weighted by atomic mass is 9.96. The first-order valence-electron chi connectivity index (χ1n) is 5.58. The van der Waals surface area contributed by atoms with Crippen LogP contribution in [0.5, 0.6) is 0 Å². The molecule has 0 fully saturated rings. The summed E-state index contributed by atoms with van der Waals surface area (Å²) in [4.78, 5) is 23.7. The van der Waals surface area contributed by atoms with Crippen LogP contribution in [0.15, 0.2) is 35.8 Å². The molecule has 1 aliphatic carbocycles. The molecule has 1 aromatic heterocycles. The zero-order valence-corrected chi connectivity index (χ0v) is 11.1. The number of carbonyl (C=O) groups excluding carboxylic acids is 2. The quantitative estimate of drug-likeness (QED) is 0.922. The highest BCUT2D eigenvalue weighted by Gasteiger charge is 2.16. The average molecular weight is 282 g/mol. The van der Waals surface area contributed by atoms with Crippen molar-refractivity contribution in [1.29, 1.82) is 0 Å². The Morgan fingerprint density at radius 1 is 1.44 bits per heavy atom. The summed E-state index contributed by atoms with van der Waals surface area (Å²) in [5, 5.41) is 5.01. The summed E-state index contributed by atoms with van der Waals surface area (Å²) in [5.41, 5.74) is 0. The van der Waals surface area contributed by atoms with Crippen LogP contribution in [-0.2, 0) is 4.79 Å². The Labute approximate surface area is 114 Å². The third kappa shape index (κ3) is 3.09. The number of ketones is 1. The van der Waals surface area contributed by atoms with Crippen molar-refractivity contribution in [3.05, 3.63) is 45.7 Å². The van der Waals surface area contributed by atoms with E-state index < -0.39 is 0 Å². The Morgan fingerprint density at radius 2 is 2.28 bits per heavy atom. The average Bonchev–Trinajstić information content (AvgIpc) is 2.78. The highest BCUT2D eigenvalue weighted by atomic mass is 35.5. The number of hydrogen-bond donors (Lipinski definition) is 1. The summed E-state index contributed by atoms with van der Waals surface area (Å²) in [6.45, 7) is 0.460. The summed E-state index contributed by atoms with van der Waals surface area (Å²) < 4.78 is 0. The molecule has 94 valence electrons. The van der Waals surface area contributed by atoms with Gasteiger partial charge in [0.15, 0.2) is 5.78 Å². The minimum Gasteiger partial charge on any atom is -0.351 e. The maximum Gasteiger partial charge on any atom is 0.262 e. The molecule has 1 amide bonds. The van der Waals surface area contributed by atoms with Gasteiger partial charge in [-0.15, -0.1) is 11.3 Å². The molecule has 1 N–H and O–H groups in total. The third-order valence-corrected chi connectivity index (χ3v) is 3.98. The molecule has 0 radical (unpaired) electrons. The molecule has 0 spiro atoms. The van der Waals surface area contributed by atoms with E-state index >= 15 is 0 Å². The van der Waals surface area contributed by atoms with Gasteiger partial charge in [0, 0.05) is 12.5 Å². The van der Waals surface area contributed by atoms with E-state index in [2.05, 4.69) is 5.32 Å². The van der Waals surface area contributed by atoms with Crippen LogP contribution in [0.3, 0.4) is 0 Å².